The summed E-state index contributed by atoms with van der Waals surface area (Å²) >= 11 is 0. The summed E-state index contributed by atoms with van der Waals surface area (Å²) in [6.45, 7) is 75.1. The minimum atomic E-state index is -0.781. The van der Waals surface area contributed by atoms with E-state index in [1.807, 2.05) is 176 Å². The van der Waals surface area contributed by atoms with E-state index in [2.05, 4.69) is 228 Å². The number of halogens is 1. The van der Waals surface area contributed by atoms with Crippen molar-refractivity contribution in [2.75, 3.05) is 36.2 Å². The molecule has 0 unspecified atom stereocenters. The van der Waals surface area contributed by atoms with Crippen molar-refractivity contribution in [1.29, 1.82) is 0 Å². The molecular formula is C97H139FN40O7. The molecule has 0 radical (unpaired) electrons. The van der Waals surface area contributed by atoms with E-state index >= 15 is 0 Å². The molecule has 5 aliphatic heterocycles. The van der Waals surface area contributed by atoms with Gasteiger partial charge in [-0.05, 0) is 200 Å². The Labute approximate surface area is 841 Å². The first-order chi connectivity index (χ1) is 68.2. The summed E-state index contributed by atoms with van der Waals surface area (Å²) in [6, 6.07) is 3.30. The van der Waals surface area contributed by atoms with Gasteiger partial charge in [0.25, 0.3) is 29.2 Å². The van der Waals surface area contributed by atoms with Gasteiger partial charge in [-0.1, -0.05) is 32.9 Å². The zero-order valence-corrected chi connectivity index (χ0v) is 88.2. The number of H-pyrrole nitrogens is 1. The number of hydrogen-bond acceptors (Lipinski definition) is 35. The number of carbonyl (C=O) groups is 4. The number of amides is 4. The molecule has 0 aromatic carbocycles. The van der Waals surface area contributed by atoms with Gasteiger partial charge in [0.1, 0.15) is 86.9 Å². The smallest absolute Gasteiger partial charge is 0.287 e. The maximum Gasteiger partial charge on any atom is 0.287 e. The summed E-state index contributed by atoms with van der Waals surface area (Å²) in [5.74, 6) is 7.13. The van der Waals surface area contributed by atoms with Crippen molar-refractivity contribution in [2.45, 2.75) is 260 Å². The van der Waals surface area contributed by atoms with Gasteiger partial charge in [-0.3, -0.25) is 24.0 Å². The van der Waals surface area contributed by atoms with Gasteiger partial charge in [0.05, 0.1) is 64.2 Å². The predicted molar refractivity (Wildman–Crippen MR) is 562 cm³/mol. The van der Waals surface area contributed by atoms with Gasteiger partial charge in [-0.15, -0.1) is 0 Å². The average molecular weight is 2000 g/mol. The molecule has 0 bridgehead atoms. The fourth-order valence-electron chi connectivity index (χ4n) is 13.8. The van der Waals surface area contributed by atoms with Crippen LogP contribution in [0.25, 0.3) is 67.0 Å². The van der Waals surface area contributed by atoms with Crippen molar-refractivity contribution in [2.24, 2.45) is 10.7 Å². The largest absolute Gasteiger partial charge is 0.479 e. The molecule has 13 aromatic rings. The summed E-state index contributed by atoms with van der Waals surface area (Å²) in [4.78, 5) is 145. The molecule has 4 amide bonds. The summed E-state index contributed by atoms with van der Waals surface area (Å²) in [6.07, 6.45) is 25.2. The number of aromatic nitrogens is 26. The number of aromatic amines is 1. The molecule has 47 nitrogen and oxygen atoms in total. The maximum absolute atomic E-state index is 12.7. The SMILES string of the molecule is C=C1N=C(N)C=CN1C(C)C.C=C1NC(=O)C(C)=CN1C(C)C.C=C1NC(=O)C(F)=CN1C(C)C.C=C1NC(=O)C=CN1C(C)C.C=C1NC(=O)c2ncn(C(C)C)c2N1.CC(C)n1cnc2c(N)nc(N)nc21.CC(C)n1cnc2c(N)ncnc21.CCOc1nc(C)nc2c1ncn2C(C)C.COc1nc(C)nc2c1ncn2C(C)C.Cc1nc2c(ncn2C(C)C)c(=O)[nH]1.Cc1ncc2ncn(C(C)C)c2n1. The number of ether oxygens (including phenoxy) is 2. The highest BCUT2D eigenvalue weighted by molar-refractivity contribution is 6.01. The molecule has 0 saturated heterocycles. The van der Waals surface area contributed by atoms with Crippen LogP contribution >= 0.6 is 0 Å². The van der Waals surface area contributed by atoms with Crippen LogP contribution in [0.1, 0.15) is 242 Å². The maximum atomic E-state index is 12.7. The minimum absolute atomic E-state index is 0.0584. The number of carbonyl (C=O) groups excluding carboxylic acids is 4. The Morgan fingerprint density at radius 2 is 0.828 bits per heavy atom. The van der Waals surface area contributed by atoms with Crippen LogP contribution in [0.3, 0.4) is 0 Å². The molecule has 48 heteroatoms. The number of nitrogens with one attached hydrogen (secondary N) is 6. The van der Waals surface area contributed by atoms with E-state index in [1.54, 1.807) is 82.3 Å². The van der Waals surface area contributed by atoms with Crippen LogP contribution < -0.4 is 64.6 Å². The monoisotopic (exact) mass is 2000 g/mol. The van der Waals surface area contributed by atoms with Gasteiger partial charge in [0, 0.05) is 103 Å². The Balaban J connectivity index is 0.000000195. The number of methoxy groups -OCH3 is 1. The molecule has 18 heterocycles. The number of rotatable bonds is 14. The van der Waals surface area contributed by atoms with E-state index in [0.29, 0.717) is 164 Å². The van der Waals surface area contributed by atoms with Crippen molar-refractivity contribution in [1.82, 2.24) is 168 Å². The molecule has 14 N–H and O–H groups in total. The number of anilines is 4. The molecular weight excluding hydrogens is 1860 g/mol. The van der Waals surface area contributed by atoms with Crippen LogP contribution in [-0.2, 0) is 14.4 Å². The Bertz CT molecular complexity index is 6970. The van der Waals surface area contributed by atoms with Crippen LogP contribution in [0.4, 0.5) is 27.8 Å². The highest BCUT2D eigenvalue weighted by Gasteiger charge is 2.28. The number of aryl methyl sites for hydroxylation is 4. The molecule has 5 aliphatic rings. The third-order valence-electron chi connectivity index (χ3n) is 21.2. The van der Waals surface area contributed by atoms with Crippen molar-refractivity contribution >= 4 is 120 Å². The molecule has 776 valence electrons. The normalized spacial score (nSPS) is 13.7. The summed E-state index contributed by atoms with van der Waals surface area (Å²) in [7, 11) is 1.59. The van der Waals surface area contributed by atoms with Crippen LogP contribution in [0.2, 0.25) is 0 Å². The number of amidine groups is 1. The van der Waals surface area contributed by atoms with Crippen molar-refractivity contribution < 1.29 is 33.0 Å². The van der Waals surface area contributed by atoms with Crippen LogP contribution in [0, 0.1) is 27.7 Å². The van der Waals surface area contributed by atoms with E-state index in [0.717, 1.165) is 56.7 Å². The summed E-state index contributed by atoms with van der Waals surface area (Å²) in [5.41, 5.74) is 32.0. The lowest BCUT2D eigenvalue weighted by Crippen LogP contribution is -2.40. The Morgan fingerprint density at radius 1 is 0.393 bits per heavy atom. The predicted octanol–water partition coefficient (Wildman–Crippen LogP) is 13.4. The zero-order valence-electron chi connectivity index (χ0n) is 88.2. The second-order valence-corrected chi connectivity index (χ2v) is 36.2. The van der Waals surface area contributed by atoms with E-state index < -0.39 is 11.7 Å². The molecule has 0 aliphatic carbocycles. The summed E-state index contributed by atoms with van der Waals surface area (Å²) in [5, 5.41) is 13.2. The first kappa shape index (κ1) is 114. The lowest BCUT2D eigenvalue weighted by atomic mass is 10.2. The van der Waals surface area contributed by atoms with Gasteiger partial charge >= 0.3 is 0 Å². The second-order valence-electron chi connectivity index (χ2n) is 36.2. The van der Waals surface area contributed by atoms with Crippen molar-refractivity contribution in [3.63, 3.8) is 0 Å². The molecule has 0 saturated carbocycles. The molecule has 18 rings (SSSR count). The third kappa shape index (κ3) is 29.5. The molecule has 0 spiro atoms. The number of nitrogens with zero attached hydrogens (tertiary/aromatic N) is 30. The highest BCUT2D eigenvalue weighted by Crippen LogP contribution is 2.29. The van der Waals surface area contributed by atoms with Crippen molar-refractivity contribution in [3.8, 4) is 11.8 Å². The first-order valence-corrected chi connectivity index (χ1v) is 47.0. The standard InChI is InChI=1S/C11H16N4O.C10H14N4O.2C9H12N4O.C9H12N4.C9H14N2O.C8H11FN2O.C8H12N6.C8H11N5.C8H13N3.C8H12N2O/c1-5-16-11-9-10(13-8(4)14-11)15(6-12-9)7(2)3;1-6(2)14-5-11-8-9(14)12-7(3)13-10(8)15-4;2*1-5(2)13-4-10-7-8(13)11-6(3)12-9(7)14;1-6(2)13-5-11-8-4-10-7(3)12-9(8)13;1-6(2)11-5-7(3)9(12)10-8(11)4;1-5(2)11-4-7(9)8(12)10-6(11)3;1-4(2)14-3-11-5-6(9)12-8(10)13-7(5)14;1-5(2)13-4-12-6-7(9)10-3-11-8(6)13;1-6(2)11-5-4-8(9)10-7(11)3;1-6(2)10-5-4-8(11)9-7(10)3/h6-7H,5H2,1-4H3;5-6H,1-4H3;4-5H,1-3H3,(H,11,12,14);4-5,11H,3H2,1-2H3,(H,12,14);4-6H,1-3H3;5-6H,4H2,1-3H3,(H,10,12);4-5H,3H2,1-2H3,(H,10,12);3-4H,1-2H3,(H4,9,10,12,13);3-5H,1-2H3,(H2,9,10,11);4-6H,3H2,1-2H3,(H2,9,10);4-6H,3H2,1-2H3,(H,9,11). The molecule has 0 atom stereocenters. The number of nitrogen functional groups attached to an aromatic ring is 3. The topological polar surface area (TPSA) is 576 Å². The molecule has 145 heavy (non-hydrogen) atoms. The quantitative estimate of drug-likeness (QED) is 0.0483. The number of nitrogens with two attached hydrogens (primary N) is 4. The van der Waals surface area contributed by atoms with Crippen LogP contribution in [-0.4, -0.2) is 214 Å². The Hall–Kier alpha value is -16.8. The second kappa shape index (κ2) is 50.6. The van der Waals surface area contributed by atoms with E-state index in [1.165, 1.54) is 12.4 Å². The van der Waals surface area contributed by atoms with E-state index in [4.69, 9.17) is 32.4 Å². The highest BCUT2D eigenvalue weighted by atomic mass is 19.1. The number of fused-ring (bicyclic) bond motifs is 7. The fourth-order valence-corrected chi connectivity index (χ4v) is 13.8. The Kier molecular flexibility index (Phi) is 39.6. The first-order valence-electron chi connectivity index (χ1n) is 47.0. The van der Waals surface area contributed by atoms with Crippen LogP contribution in [0.5, 0.6) is 11.8 Å². The lowest BCUT2D eigenvalue weighted by Gasteiger charge is -2.31. The van der Waals surface area contributed by atoms with Crippen LogP contribution in [0.15, 0.2) is 177 Å². The van der Waals surface area contributed by atoms with Crippen molar-refractivity contribution in [3.05, 3.63) is 207 Å². The molecule has 0 fully saturated rings. The minimum Gasteiger partial charge on any atom is -0.479 e. The number of imidazole rings is 7. The van der Waals surface area contributed by atoms with E-state index in [9.17, 15) is 28.4 Å². The summed E-state index contributed by atoms with van der Waals surface area (Å²) < 4.78 is 37.1. The Morgan fingerprint density at radius 3 is 1.33 bits per heavy atom. The van der Waals surface area contributed by atoms with Gasteiger partial charge in [-0.2, -0.15) is 24.3 Å². The van der Waals surface area contributed by atoms with Gasteiger partial charge in [-0.25, -0.2) is 74.8 Å². The fraction of sp³-hybridized carbons (Fsp3) is 0.423. The molecule has 13 aromatic heterocycles. The van der Waals surface area contributed by atoms with E-state index in [-0.39, 0.29) is 53.4 Å². The van der Waals surface area contributed by atoms with Gasteiger partial charge in [0.2, 0.25) is 23.5 Å². The number of hydrogen-bond donors (Lipinski definition) is 10. The van der Waals surface area contributed by atoms with Gasteiger partial charge in [0.15, 0.2) is 67.8 Å². The zero-order chi connectivity index (χ0) is 108. The average Bonchev–Trinajstić information content (AvgIpc) is 1.66. The van der Waals surface area contributed by atoms with Gasteiger partial charge < -0.3 is 116 Å². The third-order valence-corrected chi connectivity index (χ3v) is 21.2. The lowest BCUT2D eigenvalue weighted by molar-refractivity contribution is -0.119. The number of aliphatic imine (C=N–C) groups is 1.